The second-order valence-corrected chi connectivity index (χ2v) is 7.05. The number of nitrogens with two attached hydrogens (primary N) is 1. The molecule has 0 radical (unpaired) electrons. The summed E-state index contributed by atoms with van der Waals surface area (Å²) in [5.74, 6) is 0.749. The summed E-state index contributed by atoms with van der Waals surface area (Å²) in [6.45, 7) is 0.947. The maximum Gasteiger partial charge on any atom is 0.247 e. The summed E-state index contributed by atoms with van der Waals surface area (Å²) >= 11 is 1.38. The quantitative estimate of drug-likeness (QED) is 0.672. The third-order valence-electron chi connectivity index (χ3n) is 4.05. The molecule has 25 heavy (non-hydrogen) atoms. The molecule has 2 aliphatic heterocycles. The molecule has 2 amide bonds. The number of fused-ring (bicyclic) bond motifs is 1. The van der Waals surface area contributed by atoms with E-state index in [2.05, 4.69) is 0 Å². The van der Waals surface area contributed by atoms with Crippen LogP contribution in [0.5, 0.6) is 11.5 Å². The summed E-state index contributed by atoms with van der Waals surface area (Å²) in [6.07, 6.45) is 0.169. The van der Waals surface area contributed by atoms with Gasteiger partial charge in [-0.1, -0.05) is 0 Å². The highest BCUT2D eigenvalue weighted by Gasteiger charge is 2.40. The fraction of sp³-hybridized carbons (Fsp3) is 0.222. The molecule has 4 rings (SSSR count). The number of amides is 2. The first kappa shape index (κ1) is 15.8. The monoisotopic (exact) mass is 356 g/mol. The highest BCUT2D eigenvalue weighted by atomic mass is 32.2. The number of nitrogen functional groups attached to an aromatic ring is 1. The summed E-state index contributed by atoms with van der Waals surface area (Å²) in [4.78, 5) is 27.3. The summed E-state index contributed by atoms with van der Waals surface area (Å²) < 4.78 is 11.0. The third kappa shape index (κ3) is 3.02. The Balaban J connectivity index is 1.56. The van der Waals surface area contributed by atoms with E-state index in [1.807, 2.05) is 12.1 Å². The molecule has 6 nitrogen and oxygen atoms in total. The van der Waals surface area contributed by atoms with Crippen molar-refractivity contribution in [3.63, 3.8) is 0 Å². The van der Waals surface area contributed by atoms with E-state index in [-0.39, 0.29) is 18.2 Å². The Bertz CT molecular complexity index is 837. The lowest BCUT2D eigenvalue weighted by Crippen LogP contribution is -2.31. The Morgan fingerprint density at radius 1 is 1.00 bits per heavy atom. The van der Waals surface area contributed by atoms with E-state index in [1.54, 1.807) is 30.3 Å². The van der Waals surface area contributed by atoms with E-state index in [9.17, 15) is 9.59 Å². The molecule has 0 aliphatic carbocycles. The van der Waals surface area contributed by atoms with Crippen LogP contribution in [-0.4, -0.2) is 30.3 Å². The van der Waals surface area contributed by atoms with Crippen molar-refractivity contribution < 1.29 is 19.1 Å². The van der Waals surface area contributed by atoms with E-state index in [4.69, 9.17) is 15.2 Å². The number of benzene rings is 2. The molecule has 2 heterocycles. The van der Waals surface area contributed by atoms with E-state index in [0.717, 1.165) is 4.90 Å². The van der Waals surface area contributed by atoms with Gasteiger partial charge >= 0.3 is 0 Å². The zero-order valence-electron chi connectivity index (χ0n) is 13.3. The smallest absolute Gasteiger partial charge is 0.247 e. The predicted octanol–water partition coefficient (Wildman–Crippen LogP) is 2.46. The summed E-state index contributed by atoms with van der Waals surface area (Å²) in [7, 11) is 0. The van der Waals surface area contributed by atoms with Gasteiger partial charge in [0.15, 0.2) is 11.5 Å². The van der Waals surface area contributed by atoms with Crippen LogP contribution in [0.2, 0.25) is 0 Å². The fourth-order valence-electron chi connectivity index (χ4n) is 2.85. The Kier molecular flexibility index (Phi) is 4.01. The topological polar surface area (TPSA) is 81.9 Å². The predicted molar refractivity (Wildman–Crippen MR) is 95.0 cm³/mol. The van der Waals surface area contributed by atoms with Crippen LogP contribution >= 0.6 is 11.8 Å². The summed E-state index contributed by atoms with van der Waals surface area (Å²) in [5, 5.41) is -0.440. The first-order valence-corrected chi connectivity index (χ1v) is 8.78. The van der Waals surface area contributed by atoms with Crippen molar-refractivity contribution in [1.29, 1.82) is 0 Å². The lowest BCUT2D eigenvalue weighted by molar-refractivity contribution is -0.121. The second-order valence-electron chi connectivity index (χ2n) is 5.78. The minimum Gasteiger partial charge on any atom is -0.486 e. The van der Waals surface area contributed by atoms with Crippen LogP contribution in [0.4, 0.5) is 11.4 Å². The van der Waals surface area contributed by atoms with Crippen molar-refractivity contribution in [2.75, 3.05) is 23.8 Å². The molecule has 2 aliphatic rings. The zero-order valence-corrected chi connectivity index (χ0v) is 14.1. The van der Waals surface area contributed by atoms with Crippen molar-refractivity contribution in [3.8, 4) is 11.5 Å². The van der Waals surface area contributed by atoms with Crippen LogP contribution < -0.4 is 20.1 Å². The molecule has 0 spiro atoms. The minimum atomic E-state index is -0.440. The number of carbonyl (C=O) groups excluding carboxylic acids is 2. The largest absolute Gasteiger partial charge is 0.486 e. The average Bonchev–Trinajstić information content (AvgIpc) is 2.90. The lowest BCUT2D eigenvalue weighted by Gasteiger charge is -2.21. The standard InChI is InChI=1S/C18H16N2O4S/c19-11-1-4-13(5-2-11)25-16-10-17(21)20(18(16)22)12-3-6-14-15(9-12)24-8-7-23-14/h1-6,9,16H,7-8,10,19H2. The number of imide groups is 1. The van der Waals surface area contributed by atoms with Gasteiger partial charge in [0.25, 0.3) is 0 Å². The molecule has 7 heteroatoms. The molecule has 0 bridgehead atoms. The highest BCUT2D eigenvalue weighted by Crippen LogP contribution is 2.38. The lowest BCUT2D eigenvalue weighted by atomic mass is 10.2. The number of carbonyl (C=O) groups is 2. The van der Waals surface area contributed by atoms with Gasteiger partial charge in [-0.05, 0) is 36.4 Å². The number of thioether (sulfide) groups is 1. The van der Waals surface area contributed by atoms with Crippen LogP contribution in [0.3, 0.4) is 0 Å². The van der Waals surface area contributed by atoms with Gasteiger partial charge in [-0.25, -0.2) is 4.90 Å². The van der Waals surface area contributed by atoms with Crippen LogP contribution in [0.1, 0.15) is 6.42 Å². The number of hydrogen-bond donors (Lipinski definition) is 1. The first-order chi connectivity index (χ1) is 12.1. The van der Waals surface area contributed by atoms with Gasteiger partial charge in [-0.2, -0.15) is 0 Å². The molecular weight excluding hydrogens is 340 g/mol. The van der Waals surface area contributed by atoms with Gasteiger partial charge in [0, 0.05) is 23.1 Å². The number of hydrogen-bond acceptors (Lipinski definition) is 6. The van der Waals surface area contributed by atoms with E-state index in [0.29, 0.717) is 36.1 Å². The van der Waals surface area contributed by atoms with Crippen LogP contribution in [0.25, 0.3) is 0 Å². The molecule has 0 aromatic heterocycles. The van der Waals surface area contributed by atoms with E-state index in [1.165, 1.54) is 16.7 Å². The second kappa shape index (κ2) is 6.33. The molecule has 1 atom stereocenters. The first-order valence-electron chi connectivity index (χ1n) is 7.90. The van der Waals surface area contributed by atoms with Crippen LogP contribution in [-0.2, 0) is 9.59 Å². The fourth-order valence-corrected chi connectivity index (χ4v) is 3.90. The summed E-state index contributed by atoms with van der Waals surface area (Å²) in [6, 6.07) is 12.4. The Hall–Kier alpha value is -2.67. The van der Waals surface area contributed by atoms with Crippen LogP contribution in [0.15, 0.2) is 47.4 Å². The number of ether oxygens (including phenoxy) is 2. The van der Waals surface area contributed by atoms with Crippen molar-refractivity contribution in [1.82, 2.24) is 0 Å². The van der Waals surface area contributed by atoms with Crippen molar-refractivity contribution in [2.45, 2.75) is 16.6 Å². The van der Waals surface area contributed by atoms with E-state index >= 15 is 0 Å². The zero-order chi connectivity index (χ0) is 17.4. The molecule has 1 unspecified atom stereocenters. The van der Waals surface area contributed by atoms with Gasteiger partial charge in [0.1, 0.15) is 13.2 Å². The molecule has 2 N–H and O–H groups in total. The van der Waals surface area contributed by atoms with Crippen molar-refractivity contribution >= 4 is 35.0 Å². The summed E-state index contributed by atoms with van der Waals surface area (Å²) in [5.41, 5.74) is 6.85. The average molecular weight is 356 g/mol. The van der Waals surface area contributed by atoms with Gasteiger partial charge in [0.05, 0.1) is 10.9 Å². The maximum absolute atomic E-state index is 12.7. The Morgan fingerprint density at radius 2 is 1.72 bits per heavy atom. The third-order valence-corrected chi connectivity index (χ3v) is 5.24. The molecule has 1 saturated heterocycles. The van der Waals surface area contributed by atoms with Gasteiger partial charge in [-0.15, -0.1) is 11.8 Å². The highest BCUT2D eigenvalue weighted by molar-refractivity contribution is 8.00. The SMILES string of the molecule is Nc1ccc(SC2CC(=O)N(c3ccc4c(c3)OCCO4)C2=O)cc1. The van der Waals surface area contributed by atoms with Crippen molar-refractivity contribution in [2.24, 2.45) is 0 Å². The molecule has 2 aromatic rings. The number of nitrogens with zero attached hydrogens (tertiary/aromatic N) is 1. The molecule has 128 valence electrons. The minimum absolute atomic E-state index is 0.169. The normalized spacial score (nSPS) is 19.4. The Labute approximate surface area is 148 Å². The van der Waals surface area contributed by atoms with E-state index < -0.39 is 5.25 Å². The van der Waals surface area contributed by atoms with Gasteiger partial charge in [0.2, 0.25) is 11.8 Å². The Morgan fingerprint density at radius 3 is 2.48 bits per heavy atom. The van der Waals surface area contributed by atoms with Crippen molar-refractivity contribution in [3.05, 3.63) is 42.5 Å². The van der Waals surface area contributed by atoms with Gasteiger partial charge < -0.3 is 15.2 Å². The number of anilines is 2. The van der Waals surface area contributed by atoms with Crippen LogP contribution in [0, 0.1) is 0 Å². The molecule has 0 saturated carbocycles. The molecule has 1 fully saturated rings. The van der Waals surface area contributed by atoms with Gasteiger partial charge in [-0.3, -0.25) is 9.59 Å². The number of rotatable bonds is 3. The molecular formula is C18H16N2O4S. The molecule has 2 aromatic carbocycles. The maximum atomic E-state index is 12.7.